The van der Waals surface area contributed by atoms with Crippen molar-refractivity contribution in [3.63, 3.8) is 0 Å². The van der Waals surface area contributed by atoms with Crippen LogP contribution in [0.25, 0.3) is 0 Å². The number of ether oxygens (including phenoxy) is 1. The smallest absolute Gasteiger partial charge is 0.0618 e. The number of benzene rings is 1. The summed E-state index contributed by atoms with van der Waals surface area (Å²) in [5.74, 6) is 0.532. The molecule has 0 aromatic heterocycles. The number of methoxy groups -OCH3 is 1. The van der Waals surface area contributed by atoms with Gasteiger partial charge in [0, 0.05) is 29.2 Å². The predicted octanol–water partition coefficient (Wildman–Crippen LogP) is 3.86. The third-order valence-electron chi connectivity index (χ3n) is 2.72. The first-order chi connectivity index (χ1) is 8.04. The van der Waals surface area contributed by atoms with Crippen LogP contribution in [-0.4, -0.2) is 19.8 Å². The van der Waals surface area contributed by atoms with Crippen molar-refractivity contribution in [2.45, 2.75) is 26.4 Å². The Hall–Kier alpha value is -0.0900. The minimum absolute atomic E-state index is 0.347. The van der Waals surface area contributed by atoms with E-state index in [2.05, 4.69) is 35.1 Å². The van der Waals surface area contributed by atoms with Crippen LogP contribution >= 0.6 is 27.5 Å². The molecule has 0 amide bonds. The third-order valence-corrected chi connectivity index (χ3v) is 3.57. The summed E-state index contributed by atoms with van der Waals surface area (Å²) in [6.45, 7) is 5.84. The molecule has 0 aliphatic rings. The molecule has 96 valence electrons. The van der Waals surface area contributed by atoms with Crippen molar-refractivity contribution in [3.8, 4) is 0 Å². The second kappa shape index (κ2) is 7.37. The molecule has 0 aliphatic carbocycles. The van der Waals surface area contributed by atoms with Crippen LogP contribution in [0.3, 0.4) is 0 Å². The summed E-state index contributed by atoms with van der Waals surface area (Å²) in [5, 5.41) is 4.26. The van der Waals surface area contributed by atoms with E-state index in [9.17, 15) is 0 Å². The lowest BCUT2D eigenvalue weighted by Crippen LogP contribution is -2.37. The summed E-state index contributed by atoms with van der Waals surface area (Å²) in [5.41, 5.74) is 1.11. The molecule has 2 nitrogen and oxygen atoms in total. The van der Waals surface area contributed by atoms with E-state index >= 15 is 0 Å². The molecule has 1 N–H and O–H groups in total. The van der Waals surface area contributed by atoms with Gasteiger partial charge in [-0.1, -0.05) is 47.4 Å². The zero-order chi connectivity index (χ0) is 12.8. The van der Waals surface area contributed by atoms with Crippen molar-refractivity contribution < 1.29 is 4.74 Å². The average molecular weight is 321 g/mol. The zero-order valence-electron chi connectivity index (χ0n) is 10.5. The molecule has 4 heteroatoms. The Kier molecular flexibility index (Phi) is 6.49. The van der Waals surface area contributed by atoms with Crippen LogP contribution in [-0.2, 0) is 11.3 Å². The molecule has 1 atom stereocenters. The molecular weight excluding hydrogens is 302 g/mol. The fourth-order valence-corrected chi connectivity index (χ4v) is 2.31. The van der Waals surface area contributed by atoms with Crippen molar-refractivity contribution in [2.75, 3.05) is 13.7 Å². The average Bonchev–Trinajstić information content (AvgIpc) is 2.25. The van der Waals surface area contributed by atoms with Gasteiger partial charge in [0.05, 0.1) is 6.61 Å². The molecular formula is C13H19BrClNO. The van der Waals surface area contributed by atoms with Crippen LogP contribution in [0.4, 0.5) is 0 Å². The maximum Gasteiger partial charge on any atom is 0.0618 e. The molecule has 0 bridgehead atoms. The highest BCUT2D eigenvalue weighted by Crippen LogP contribution is 2.21. The van der Waals surface area contributed by atoms with Crippen molar-refractivity contribution in [3.05, 3.63) is 33.3 Å². The van der Waals surface area contributed by atoms with Crippen LogP contribution in [0.1, 0.15) is 19.4 Å². The third kappa shape index (κ3) is 4.96. The number of nitrogens with one attached hydrogen (secondary N) is 1. The minimum Gasteiger partial charge on any atom is -0.383 e. The van der Waals surface area contributed by atoms with Gasteiger partial charge in [-0.2, -0.15) is 0 Å². The van der Waals surface area contributed by atoms with Gasteiger partial charge in [0.1, 0.15) is 0 Å². The van der Waals surface area contributed by atoms with Crippen LogP contribution in [0.2, 0.25) is 5.02 Å². The Balaban J connectivity index is 2.59. The van der Waals surface area contributed by atoms with Crippen LogP contribution in [0.15, 0.2) is 22.7 Å². The van der Waals surface area contributed by atoms with Gasteiger partial charge in [0.15, 0.2) is 0 Å². The van der Waals surface area contributed by atoms with Gasteiger partial charge in [-0.3, -0.25) is 0 Å². The number of hydrogen-bond donors (Lipinski definition) is 1. The first kappa shape index (κ1) is 15.0. The van der Waals surface area contributed by atoms with E-state index in [0.29, 0.717) is 18.6 Å². The summed E-state index contributed by atoms with van der Waals surface area (Å²) in [6.07, 6.45) is 0. The Morgan fingerprint density at radius 3 is 2.65 bits per heavy atom. The maximum atomic E-state index is 6.17. The molecule has 1 unspecified atom stereocenters. The molecule has 0 saturated carbocycles. The lowest BCUT2D eigenvalue weighted by atomic mass is 10.0. The molecule has 1 aromatic rings. The van der Waals surface area contributed by atoms with Gasteiger partial charge in [0.25, 0.3) is 0 Å². The summed E-state index contributed by atoms with van der Waals surface area (Å²) in [4.78, 5) is 0. The van der Waals surface area contributed by atoms with E-state index in [1.54, 1.807) is 7.11 Å². The highest BCUT2D eigenvalue weighted by atomic mass is 79.9. The van der Waals surface area contributed by atoms with Gasteiger partial charge < -0.3 is 10.1 Å². The monoisotopic (exact) mass is 319 g/mol. The van der Waals surface area contributed by atoms with Gasteiger partial charge >= 0.3 is 0 Å². The van der Waals surface area contributed by atoms with E-state index in [1.165, 1.54) is 0 Å². The maximum absolute atomic E-state index is 6.17. The van der Waals surface area contributed by atoms with Crippen molar-refractivity contribution >= 4 is 27.5 Å². The Morgan fingerprint density at radius 1 is 1.41 bits per heavy atom. The van der Waals surface area contributed by atoms with Crippen LogP contribution < -0.4 is 5.32 Å². The second-order valence-electron chi connectivity index (χ2n) is 4.42. The molecule has 0 radical (unpaired) electrons. The van der Waals surface area contributed by atoms with Gasteiger partial charge in [-0.05, 0) is 23.6 Å². The molecule has 0 aliphatic heterocycles. The van der Waals surface area contributed by atoms with E-state index < -0.39 is 0 Å². The standard InChI is InChI=1S/C13H19BrClNO/c1-9(2)13(8-17-3)16-7-10-4-5-11(14)6-12(10)15/h4-6,9,13,16H,7-8H2,1-3H3. The molecule has 0 heterocycles. The Bertz CT molecular complexity index is 357. The Morgan fingerprint density at radius 2 is 2.12 bits per heavy atom. The quantitative estimate of drug-likeness (QED) is 0.859. The highest BCUT2D eigenvalue weighted by Gasteiger charge is 2.12. The fourth-order valence-electron chi connectivity index (χ4n) is 1.57. The minimum atomic E-state index is 0.347. The molecule has 0 spiro atoms. The molecule has 0 saturated heterocycles. The summed E-state index contributed by atoms with van der Waals surface area (Å²) >= 11 is 9.57. The summed E-state index contributed by atoms with van der Waals surface area (Å²) in [6, 6.07) is 6.30. The summed E-state index contributed by atoms with van der Waals surface area (Å²) in [7, 11) is 1.73. The topological polar surface area (TPSA) is 21.3 Å². The lowest BCUT2D eigenvalue weighted by Gasteiger charge is -2.22. The second-order valence-corrected chi connectivity index (χ2v) is 5.75. The van der Waals surface area contributed by atoms with Crippen molar-refractivity contribution in [2.24, 2.45) is 5.92 Å². The van der Waals surface area contributed by atoms with Crippen molar-refractivity contribution in [1.82, 2.24) is 5.32 Å². The zero-order valence-corrected chi connectivity index (χ0v) is 12.8. The van der Waals surface area contributed by atoms with E-state index in [1.807, 2.05) is 18.2 Å². The largest absolute Gasteiger partial charge is 0.383 e. The first-order valence-corrected chi connectivity index (χ1v) is 6.88. The van der Waals surface area contributed by atoms with Gasteiger partial charge in [-0.25, -0.2) is 0 Å². The normalized spacial score (nSPS) is 13.1. The van der Waals surface area contributed by atoms with Gasteiger partial charge in [0.2, 0.25) is 0 Å². The summed E-state index contributed by atoms with van der Waals surface area (Å²) < 4.78 is 6.20. The Labute approximate surface area is 117 Å². The molecule has 1 rings (SSSR count). The van der Waals surface area contributed by atoms with Crippen LogP contribution in [0.5, 0.6) is 0 Å². The fraction of sp³-hybridized carbons (Fsp3) is 0.538. The molecule has 1 aromatic carbocycles. The molecule has 17 heavy (non-hydrogen) atoms. The highest BCUT2D eigenvalue weighted by molar-refractivity contribution is 9.10. The predicted molar refractivity (Wildman–Crippen MR) is 76.5 cm³/mol. The van der Waals surface area contributed by atoms with Crippen molar-refractivity contribution in [1.29, 1.82) is 0 Å². The molecule has 0 fully saturated rings. The SMILES string of the molecule is COCC(NCc1ccc(Br)cc1Cl)C(C)C. The van der Waals surface area contributed by atoms with E-state index in [0.717, 1.165) is 21.6 Å². The number of halogens is 2. The number of rotatable bonds is 6. The lowest BCUT2D eigenvalue weighted by molar-refractivity contribution is 0.146. The van der Waals surface area contributed by atoms with Crippen LogP contribution in [0, 0.1) is 5.92 Å². The van der Waals surface area contributed by atoms with E-state index in [4.69, 9.17) is 16.3 Å². The first-order valence-electron chi connectivity index (χ1n) is 5.70. The van der Waals surface area contributed by atoms with E-state index in [-0.39, 0.29) is 0 Å². The van der Waals surface area contributed by atoms with Gasteiger partial charge in [-0.15, -0.1) is 0 Å². The number of hydrogen-bond acceptors (Lipinski definition) is 2.